The van der Waals surface area contributed by atoms with Gasteiger partial charge in [0.1, 0.15) is 5.40 Å². The number of hydrogen-bond donors (Lipinski definition) is 1. The number of hydrogen-bond acceptors (Lipinski definition) is 7. The smallest absolute Gasteiger partial charge is 0.313 e. The molecular formula is C17H16N6O2S. The van der Waals surface area contributed by atoms with Crippen molar-refractivity contribution in [3.63, 3.8) is 0 Å². The molecule has 2 heterocycles. The Kier molecular flexibility index (Phi) is 5.66. The van der Waals surface area contributed by atoms with Crippen LogP contribution in [-0.2, 0) is 9.59 Å². The zero-order valence-electron chi connectivity index (χ0n) is 13.8. The van der Waals surface area contributed by atoms with Crippen LogP contribution in [0.15, 0.2) is 47.6 Å². The van der Waals surface area contributed by atoms with E-state index in [1.54, 1.807) is 42.7 Å². The van der Waals surface area contributed by atoms with Crippen LogP contribution in [0.25, 0.3) is 0 Å². The third kappa shape index (κ3) is 4.29. The average molecular weight is 368 g/mol. The highest BCUT2D eigenvalue weighted by Crippen LogP contribution is 2.19. The van der Waals surface area contributed by atoms with E-state index in [1.165, 1.54) is 4.90 Å². The van der Waals surface area contributed by atoms with E-state index in [0.29, 0.717) is 37.8 Å². The minimum Gasteiger partial charge on any atom is -0.337 e. The average Bonchev–Trinajstić information content (AvgIpc) is 2.70. The maximum absolute atomic E-state index is 12.3. The molecule has 0 aliphatic carbocycles. The van der Waals surface area contributed by atoms with Crippen LogP contribution < -0.4 is 10.2 Å². The standard InChI is InChI=1S/C17H16N6O2S/c18-12-26-14-4-2-13(3-5-14)21-15(24)16(25)22-8-10-23(11-9-22)17-19-6-1-7-20-17/h1-7H,8-11H2,(H,21,24). The number of nitrogens with zero attached hydrogens (tertiary/aromatic N) is 5. The fourth-order valence-electron chi connectivity index (χ4n) is 2.55. The highest BCUT2D eigenvalue weighted by molar-refractivity contribution is 8.03. The van der Waals surface area contributed by atoms with Gasteiger partial charge in [0.2, 0.25) is 5.95 Å². The molecule has 1 saturated heterocycles. The molecule has 0 radical (unpaired) electrons. The molecule has 2 amide bonds. The van der Waals surface area contributed by atoms with E-state index in [1.807, 2.05) is 10.3 Å². The first-order valence-electron chi connectivity index (χ1n) is 7.95. The number of amides is 2. The Hall–Kier alpha value is -3.12. The van der Waals surface area contributed by atoms with Gasteiger partial charge in [0.25, 0.3) is 0 Å². The number of piperazine rings is 1. The molecule has 132 valence electrons. The van der Waals surface area contributed by atoms with Crippen LogP contribution in [0.1, 0.15) is 0 Å². The van der Waals surface area contributed by atoms with Gasteiger partial charge in [-0.2, -0.15) is 5.26 Å². The van der Waals surface area contributed by atoms with E-state index >= 15 is 0 Å². The van der Waals surface area contributed by atoms with Crippen molar-refractivity contribution in [3.8, 4) is 5.40 Å². The maximum Gasteiger partial charge on any atom is 0.313 e. The number of nitrogens with one attached hydrogen (secondary N) is 1. The summed E-state index contributed by atoms with van der Waals surface area (Å²) in [4.78, 5) is 37.2. The largest absolute Gasteiger partial charge is 0.337 e. The molecule has 8 nitrogen and oxygen atoms in total. The predicted octanol–water partition coefficient (Wildman–Crippen LogP) is 1.34. The first-order chi connectivity index (χ1) is 12.7. The molecule has 1 aromatic heterocycles. The molecular weight excluding hydrogens is 352 g/mol. The number of aromatic nitrogens is 2. The van der Waals surface area contributed by atoms with Gasteiger partial charge in [-0.15, -0.1) is 0 Å². The lowest BCUT2D eigenvalue weighted by Gasteiger charge is -2.34. The maximum atomic E-state index is 12.3. The Bertz CT molecular complexity index is 813. The zero-order chi connectivity index (χ0) is 18.4. The summed E-state index contributed by atoms with van der Waals surface area (Å²) in [7, 11) is 0. The van der Waals surface area contributed by atoms with Crippen molar-refractivity contribution >= 4 is 35.2 Å². The lowest BCUT2D eigenvalue weighted by Crippen LogP contribution is -2.52. The van der Waals surface area contributed by atoms with Gasteiger partial charge >= 0.3 is 11.8 Å². The number of anilines is 2. The van der Waals surface area contributed by atoms with Crippen molar-refractivity contribution in [3.05, 3.63) is 42.7 Å². The molecule has 3 rings (SSSR count). The number of benzene rings is 1. The fraction of sp³-hybridized carbons (Fsp3) is 0.235. The van der Waals surface area contributed by atoms with E-state index in [-0.39, 0.29) is 0 Å². The second kappa shape index (κ2) is 8.31. The number of thiocyanates is 1. The minimum atomic E-state index is -0.671. The van der Waals surface area contributed by atoms with Crippen molar-refractivity contribution in [2.24, 2.45) is 0 Å². The number of nitriles is 1. The molecule has 1 N–H and O–H groups in total. The van der Waals surface area contributed by atoms with E-state index in [9.17, 15) is 9.59 Å². The van der Waals surface area contributed by atoms with Crippen LogP contribution in [0, 0.1) is 10.7 Å². The van der Waals surface area contributed by atoms with Gasteiger partial charge in [0, 0.05) is 49.2 Å². The van der Waals surface area contributed by atoms with E-state index < -0.39 is 11.8 Å². The van der Waals surface area contributed by atoms with Crippen molar-refractivity contribution < 1.29 is 9.59 Å². The van der Waals surface area contributed by atoms with Crippen molar-refractivity contribution in [1.82, 2.24) is 14.9 Å². The van der Waals surface area contributed by atoms with Crippen LogP contribution >= 0.6 is 11.8 Å². The molecule has 0 bridgehead atoms. The third-order valence-corrected chi connectivity index (χ3v) is 4.47. The topological polar surface area (TPSA) is 102 Å². The van der Waals surface area contributed by atoms with Gasteiger partial charge < -0.3 is 15.1 Å². The predicted molar refractivity (Wildman–Crippen MR) is 97.4 cm³/mol. The normalized spacial score (nSPS) is 13.8. The van der Waals surface area contributed by atoms with E-state index in [4.69, 9.17) is 5.26 Å². The summed E-state index contributed by atoms with van der Waals surface area (Å²) in [5, 5.41) is 13.2. The SMILES string of the molecule is N#CSc1ccc(NC(=O)C(=O)N2CCN(c3ncccn3)CC2)cc1. The van der Waals surface area contributed by atoms with E-state index in [0.717, 1.165) is 16.7 Å². The van der Waals surface area contributed by atoms with Gasteiger partial charge in [-0.25, -0.2) is 9.97 Å². The Balaban J connectivity index is 1.53. The second-order valence-corrected chi connectivity index (χ2v) is 6.36. The molecule has 0 spiro atoms. The summed E-state index contributed by atoms with van der Waals surface area (Å²) >= 11 is 1.03. The fourth-order valence-corrected chi connectivity index (χ4v) is 2.93. The summed E-state index contributed by atoms with van der Waals surface area (Å²) in [5.74, 6) is -0.608. The minimum absolute atomic E-state index is 0.433. The van der Waals surface area contributed by atoms with Gasteiger partial charge in [-0.1, -0.05) is 0 Å². The summed E-state index contributed by atoms with van der Waals surface area (Å²) in [6.45, 7) is 2.01. The molecule has 0 unspecified atom stereocenters. The monoisotopic (exact) mass is 368 g/mol. The van der Waals surface area contributed by atoms with E-state index in [2.05, 4.69) is 15.3 Å². The van der Waals surface area contributed by atoms with Gasteiger partial charge in [0.15, 0.2) is 0 Å². The second-order valence-electron chi connectivity index (χ2n) is 5.50. The lowest BCUT2D eigenvalue weighted by molar-refractivity contribution is -0.143. The molecule has 9 heteroatoms. The molecule has 0 saturated carbocycles. The van der Waals surface area contributed by atoms with Gasteiger partial charge in [-0.3, -0.25) is 9.59 Å². The highest BCUT2D eigenvalue weighted by atomic mass is 32.2. The van der Waals surface area contributed by atoms with Crippen LogP contribution in [0.2, 0.25) is 0 Å². The molecule has 0 atom stereocenters. The Morgan fingerprint density at radius 2 is 1.73 bits per heavy atom. The van der Waals surface area contributed by atoms with Crippen molar-refractivity contribution in [2.75, 3.05) is 36.4 Å². The first kappa shape index (κ1) is 17.7. The number of rotatable bonds is 3. The van der Waals surface area contributed by atoms with Crippen LogP contribution in [0.5, 0.6) is 0 Å². The molecule has 1 aromatic carbocycles. The first-order valence-corrected chi connectivity index (χ1v) is 8.77. The molecule has 2 aromatic rings. The van der Waals surface area contributed by atoms with Gasteiger partial charge in [-0.05, 0) is 42.1 Å². The number of carbonyl (C=O) groups excluding carboxylic acids is 2. The number of thioether (sulfide) groups is 1. The quantitative estimate of drug-likeness (QED) is 0.495. The summed E-state index contributed by atoms with van der Waals surface area (Å²) in [5.41, 5.74) is 0.516. The molecule has 1 aliphatic rings. The Labute approximate surface area is 154 Å². The summed E-state index contributed by atoms with van der Waals surface area (Å²) in [6.07, 6.45) is 3.35. The van der Waals surface area contributed by atoms with Crippen LogP contribution in [0.4, 0.5) is 11.6 Å². The highest BCUT2D eigenvalue weighted by Gasteiger charge is 2.26. The molecule has 1 fully saturated rings. The lowest BCUT2D eigenvalue weighted by atomic mass is 10.3. The Morgan fingerprint density at radius 3 is 2.35 bits per heavy atom. The summed E-state index contributed by atoms with van der Waals surface area (Å²) in [6, 6.07) is 8.50. The van der Waals surface area contributed by atoms with Crippen molar-refractivity contribution in [1.29, 1.82) is 5.26 Å². The zero-order valence-corrected chi connectivity index (χ0v) is 14.6. The Morgan fingerprint density at radius 1 is 1.08 bits per heavy atom. The third-order valence-electron chi connectivity index (χ3n) is 3.87. The molecule has 1 aliphatic heterocycles. The van der Waals surface area contributed by atoms with Crippen LogP contribution in [-0.4, -0.2) is 52.9 Å². The van der Waals surface area contributed by atoms with Crippen LogP contribution in [0.3, 0.4) is 0 Å². The van der Waals surface area contributed by atoms with Gasteiger partial charge in [0.05, 0.1) is 0 Å². The summed E-state index contributed by atoms with van der Waals surface area (Å²) < 4.78 is 0. The number of carbonyl (C=O) groups is 2. The molecule has 26 heavy (non-hydrogen) atoms. The van der Waals surface area contributed by atoms with Crippen molar-refractivity contribution in [2.45, 2.75) is 4.90 Å².